The zero-order chi connectivity index (χ0) is 12.1. The van der Waals surface area contributed by atoms with Gasteiger partial charge in [0.25, 0.3) is 0 Å². The maximum atomic E-state index is 11.0. The Morgan fingerprint density at radius 2 is 2.12 bits per heavy atom. The van der Waals surface area contributed by atoms with Crippen molar-refractivity contribution >= 4 is 5.97 Å². The Morgan fingerprint density at radius 1 is 1.44 bits per heavy atom. The number of carboxylic acid groups (broad SMARTS) is 1. The van der Waals surface area contributed by atoms with Crippen molar-refractivity contribution < 1.29 is 14.6 Å². The minimum Gasteiger partial charge on any atom is -0.491 e. The molecule has 0 atom stereocenters. The molecule has 1 aromatic carbocycles. The highest BCUT2D eigenvalue weighted by Gasteiger charge is 2.12. The number of likely N-dealkylation sites (N-methyl/N-ethyl adjacent to an activating group) is 1. The van der Waals surface area contributed by atoms with Crippen molar-refractivity contribution in [2.45, 2.75) is 6.92 Å². The molecule has 0 aliphatic heterocycles. The molecule has 0 spiro atoms. The lowest BCUT2D eigenvalue weighted by atomic mass is 10.1. The molecular formula is C12H17NO3. The van der Waals surface area contributed by atoms with Gasteiger partial charge in [0.05, 0.1) is 0 Å². The molecule has 1 N–H and O–H groups in total. The molecule has 4 heteroatoms. The van der Waals surface area contributed by atoms with Gasteiger partial charge in [-0.3, -0.25) is 0 Å². The van der Waals surface area contributed by atoms with Crippen LogP contribution in [-0.4, -0.2) is 43.2 Å². The highest BCUT2D eigenvalue weighted by atomic mass is 16.5. The number of hydrogen-bond acceptors (Lipinski definition) is 3. The lowest BCUT2D eigenvalue weighted by Gasteiger charge is -2.14. The van der Waals surface area contributed by atoms with Crippen LogP contribution in [0, 0.1) is 6.92 Å². The number of ether oxygens (including phenoxy) is 1. The summed E-state index contributed by atoms with van der Waals surface area (Å²) in [5.41, 5.74) is 1.07. The van der Waals surface area contributed by atoms with Gasteiger partial charge in [0.15, 0.2) is 0 Å². The predicted octanol–water partition coefficient (Wildman–Crippen LogP) is 1.63. The molecule has 0 saturated carbocycles. The molecule has 88 valence electrons. The van der Waals surface area contributed by atoms with Crippen LogP contribution in [0.3, 0.4) is 0 Å². The first-order valence-corrected chi connectivity index (χ1v) is 5.13. The van der Waals surface area contributed by atoms with Crippen molar-refractivity contribution in [3.8, 4) is 5.75 Å². The number of para-hydroxylation sites is 1. The van der Waals surface area contributed by atoms with Crippen LogP contribution in [0.1, 0.15) is 15.9 Å². The summed E-state index contributed by atoms with van der Waals surface area (Å²) in [4.78, 5) is 13.0. The van der Waals surface area contributed by atoms with Crippen molar-refractivity contribution in [2.75, 3.05) is 27.2 Å². The van der Waals surface area contributed by atoms with Crippen LogP contribution < -0.4 is 4.74 Å². The average molecular weight is 223 g/mol. The molecule has 0 saturated heterocycles. The molecule has 16 heavy (non-hydrogen) atoms. The minimum atomic E-state index is -0.955. The Bertz CT molecular complexity index is 375. The molecule has 0 amide bonds. The van der Waals surface area contributed by atoms with Crippen molar-refractivity contribution in [1.82, 2.24) is 4.90 Å². The highest BCUT2D eigenvalue weighted by Crippen LogP contribution is 2.23. The Morgan fingerprint density at radius 3 is 2.69 bits per heavy atom. The van der Waals surface area contributed by atoms with E-state index in [1.807, 2.05) is 32.0 Å². The van der Waals surface area contributed by atoms with Crippen molar-refractivity contribution in [1.29, 1.82) is 0 Å². The van der Waals surface area contributed by atoms with Crippen LogP contribution >= 0.6 is 0 Å². The van der Waals surface area contributed by atoms with Crippen molar-refractivity contribution in [2.24, 2.45) is 0 Å². The van der Waals surface area contributed by atoms with E-state index in [2.05, 4.69) is 0 Å². The molecule has 1 rings (SSSR count). The van der Waals surface area contributed by atoms with Crippen LogP contribution in [0.4, 0.5) is 0 Å². The SMILES string of the molecule is Cc1cccc(C(=O)O)c1OCCN(C)C. The Kier molecular flexibility index (Phi) is 4.31. The van der Waals surface area contributed by atoms with E-state index in [1.165, 1.54) is 0 Å². The third-order valence-corrected chi connectivity index (χ3v) is 2.23. The van der Waals surface area contributed by atoms with Crippen LogP contribution in [-0.2, 0) is 0 Å². The van der Waals surface area contributed by atoms with Gasteiger partial charge in [0, 0.05) is 6.54 Å². The second kappa shape index (κ2) is 5.51. The highest BCUT2D eigenvalue weighted by molar-refractivity contribution is 5.91. The number of benzene rings is 1. The largest absolute Gasteiger partial charge is 0.491 e. The number of carbonyl (C=O) groups is 1. The van der Waals surface area contributed by atoms with Crippen LogP contribution in [0.25, 0.3) is 0 Å². The first kappa shape index (κ1) is 12.5. The summed E-state index contributed by atoms with van der Waals surface area (Å²) in [6.45, 7) is 3.09. The molecule has 0 heterocycles. The number of aryl methyl sites for hydroxylation is 1. The van der Waals surface area contributed by atoms with Gasteiger partial charge in [-0.1, -0.05) is 12.1 Å². The fourth-order valence-corrected chi connectivity index (χ4v) is 1.34. The topological polar surface area (TPSA) is 49.8 Å². The molecule has 1 aromatic rings. The van der Waals surface area contributed by atoms with Gasteiger partial charge in [-0.15, -0.1) is 0 Å². The van der Waals surface area contributed by atoms with Gasteiger partial charge in [-0.05, 0) is 32.6 Å². The van der Waals surface area contributed by atoms with Gasteiger partial charge in [0.1, 0.15) is 17.9 Å². The number of carboxylic acids is 1. The molecule has 0 aliphatic rings. The lowest BCUT2D eigenvalue weighted by molar-refractivity contribution is 0.0691. The van der Waals surface area contributed by atoms with E-state index in [-0.39, 0.29) is 5.56 Å². The lowest BCUT2D eigenvalue weighted by Crippen LogP contribution is -2.20. The second-order valence-electron chi connectivity index (χ2n) is 3.91. The summed E-state index contributed by atoms with van der Waals surface area (Å²) in [6, 6.07) is 5.12. The van der Waals surface area contributed by atoms with Crippen molar-refractivity contribution in [3.63, 3.8) is 0 Å². The van der Waals surface area contributed by atoms with E-state index in [9.17, 15) is 4.79 Å². The number of rotatable bonds is 5. The molecular weight excluding hydrogens is 206 g/mol. The summed E-state index contributed by atoms with van der Waals surface area (Å²) in [5, 5.41) is 9.01. The normalized spacial score (nSPS) is 10.5. The maximum absolute atomic E-state index is 11.0. The number of hydrogen-bond donors (Lipinski definition) is 1. The van der Waals surface area contributed by atoms with Crippen LogP contribution in [0.5, 0.6) is 5.75 Å². The van der Waals surface area contributed by atoms with E-state index in [0.717, 1.165) is 12.1 Å². The van der Waals surface area contributed by atoms with Crippen LogP contribution in [0.15, 0.2) is 18.2 Å². The van der Waals surface area contributed by atoms with Gasteiger partial charge in [-0.2, -0.15) is 0 Å². The van der Waals surface area contributed by atoms with Gasteiger partial charge in [0.2, 0.25) is 0 Å². The van der Waals surface area contributed by atoms with E-state index < -0.39 is 5.97 Å². The third kappa shape index (κ3) is 3.24. The summed E-state index contributed by atoms with van der Waals surface area (Å²) in [6.07, 6.45) is 0. The minimum absolute atomic E-state index is 0.221. The fraction of sp³-hybridized carbons (Fsp3) is 0.417. The second-order valence-corrected chi connectivity index (χ2v) is 3.91. The molecule has 0 bridgehead atoms. The molecule has 0 unspecified atom stereocenters. The standard InChI is InChI=1S/C12H17NO3/c1-9-5-4-6-10(12(14)15)11(9)16-8-7-13(2)3/h4-6H,7-8H2,1-3H3,(H,14,15). The molecule has 4 nitrogen and oxygen atoms in total. The van der Waals surface area contributed by atoms with E-state index in [1.54, 1.807) is 12.1 Å². The van der Waals surface area contributed by atoms with Crippen LogP contribution in [0.2, 0.25) is 0 Å². The summed E-state index contributed by atoms with van der Waals surface area (Å²) >= 11 is 0. The smallest absolute Gasteiger partial charge is 0.339 e. The van der Waals surface area contributed by atoms with E-state index in [0.29, 0.717) is 12.4 Å². The number of nitrogens with zero attached hydrogens (tertiary/aromatic N) is 1. The summed E-state index contributed by atoms with van der Waals surface area (Å²) in [5.74, 6) is -0.486. The average Bonchev–Trinajstić information content (AvgIpc) is 2.19. The maximum Gasteiger partial charge on any atom is 0.339 e. The first-order chi connectivity index (χ1) is 7.52. The zero-order valence-corrected chi connectivity index (χ0v) is 9.86. The Hall–Kier alpha value is -1.55. The summed E-state index contributed by atoms with van der Waals surface area (Å²) in [7, 11) is 3.89. The predicted molar refractivity (Wildman–Crippen MR) is 62.2 cm³/mol. The Labute approximate surface area is 95.5 Å². The van der Waals surface area contributed by atoms with E-state index in [4.69, 9.17) is 9.84 Å². The van der Waals surface area contributed by atoms with Gasteiger partial charge < -0.3 is 14.7 Å². The monoisotopic (exact) mass is 223 g/mol. The van der Waals surface area contributed by atoms with Gasteiger partial charge >= 0.3 is 5.97 Å². The fourth-order valence-electron chi connectivity index (χ4n) is 1.34. The van der Waals surface area contributed by atoms with Gasteiger partial charge in [-0.25, -0.2) is 4.79 Å². The van der Waals surface area contributed by atoms with Crippen molar-refractivity contribution in [3.05, 3.63) is 29.3 Å². The quantitative estimate of drug-likeness (QED) is 0.824. The number of aromatic carboxylic acids is 1. The Balaban J connectivity index is 2.80. The van der Waals surface area contributed by atoms with E-state index >= 15 is 0 Å². The zero-order valence-electron chi connectivity index (χ0n) is 9.86. The molecule has 0 fully saturated rings. The molecule has 0 aliphatic carbocycles. The summed E-state index contributed by atoms with van der Waals surface area (Å²) < 4.78 is 5.52. The molecule has 0 aromatic heterocycles. The first-order valence-electron chi connectivity index (χ1n) is 5.13. The molecule has 0 radical (unpaired) electrons. The third-order valence-electron chi connectivity index (χ3n) is 2.23.